The summed E-state index contributed by atoms with van der Waals surface area (Å²) in [6.07, 6.45) is 0.706. The van der Waals surface area contributed by atoms with Crippen LogP contribution in [0.15, 0.2) is 52.3 Å². The largest absolute Gasteiger partial charge is 0.489 e. The van der Waals surface area contributed by atoms with E-state index in [-0.39, 0.29) is 45.6 Å². The van der Waals surface area contributed by atoms with Crippen LogP contribution in [-0.2, 0) is 21.0 Å². The third-order valence-electron chi connectivity index (χ3n) is 9.87. The lowest BCUT2D eigenvalue weighted by molar-refractivity contribution is -0.157. The number of carboxylic acids is 1. The molecular weight excluding hydrogens is 608 g/mol. The molecule has 3 heterocycles. The number of nitrogens with one attached hydrogen (secondary N) is 1. The number of ether oxygens (including phenoxy) is 1. The van der Waals surface area contributed by atoms with Gasteiger partial charge in [0.05, 0.1) is 16.9 Å². The van der Waals surface area contributed by atoms with Crippen LogP contribution in [0.1, 0.15) is 47.8 Å². The van der Waals surface area contributed by atoms with Crippen molar-refractivity contribution in [2.75, 3.05) is 0 Å². The fraction of sp³-hybridized carbons (Fsp3) is 0.438. The van der Waals surface area contributed by atoms with Crippen LogP contribution in [0.2, 0.25) is 5.02 Å². The van der Waals surface area contributed by atoms with E-state index in [2.05, 4.69) is 4.98 Å². The molecule has 224 valence electrons. The molecule has 1 saturated heterocycles. The van der Waals surface area contributed by atoms with Gasteiger partial charge in [0.2, 0.25) is 11.8 Å². The van der Waals surface area contributed by atoms with Crippen LogP contribution in [0.4, 0.5) is 0 Å². The van der Waals surface area contributed by atoms with Crippen molar-refractivity contribution in [2.24, 2.45) is 35.5 Å². The number of thioether (sulfide) groups is 1. The van der Waals surface area contributed by atoms with Crippen molar-refractivity contribution < 1.29 is 24.2 Å². The zero-order chi connectivity index (χ0) is 30.3. The predicted molar refractivity (Wildman–Crippen MR) is 164 cm³/mol. The van der Waals surface area contributed by atoms with Crippen molar-refractivity contribution in [1.82, 2.24) is 9.88 Å². The van der Waals surface area contributed by atoms with Gasteiger partial charge < -0.3 is 14.8 Å². The SMILES string of the molecule is Cc1ccccc1COc1ccc(Cl)cc1[C@H]1c2sc(=O)[nH]c2SC2C3CC(C4C(=O)N(C(C(=O)O)C(C)C)C(=O)C34)C21. The van der Waals surface area contributed by atoms with Crippen LogP contribution >= 0.6 is 34.7 Å². The van der Waals surface area contributed by atoms with E-state index in [1.54, 1.807) is 31.7 Å². The minimum absolute atomic E-state index is 0.0313. The molecule has 7 unspecified atom stereocenters. The number of hydrogen-bond acceptors (Lipinski definition) is 7. The van der Waals surface area contributed by atoms with Gasteiger partial charge in [0.1, 0.15) is 18.4 Å². The molecule has 1 aromatic heterocycles. The Morgan fingerprint density at radius 3 is 2.53 bits per heavy atom. The summed E-state index contributed by atoms with van der Waals surface area (Å²) in [5.41, 5.74) is 3.03. The Morgan fingerprint density at radius 2 is 1.84 bits per heavy atom. The van der Waals surface area contributed by atoms with Gasteiger partial charge in [-0.1, -0.05) is 61.1 Å². The number of hydrogen-bond donors (Lipinski definition) is 2. The molecule has 0 spiro atoms. The predicted octanol–water partition coefficient (Wildman–Crippen LogP) is 5.56. The van der Waals surface area contributed by atoms with Gasteiger partial charge in [-0.15, -0.1) is 11.8 Å². The number of imide groups is 1. The molecule has 2 aliphatic heterocycles. The summed E-state index contributed by atoms with van der Waals surface area (Å²) in [5, 5.41) is 11.3. The molecule has 3 aromatic rings. The fourth-order valence-corrected chi connectivity index (χ4v) is 11.2. The Hall–Kier alpha value is -3.08. The number of thiazole rings is 1. The van der Waals surface area contributed by atoms with E-state index in [1.165, 1.54) is 11.3 Å². The third-order valence-corrected chi connectivity index (χ3v) is 12.7. The van der Waals surface area contributed by atoms with Crippen molar-refractivity contribution >= 4 is 52.5 Å². The van der Waals surface area contributed by atoms with E-state index in [9.17, 15) is 24.3 Å². The monoisotopic (exact) mass is 638 g/mol. The van der Waals surface area contributed by atoms with Gasteiger partial charge in [0.15, 0.2) is 0 Å². The molecular formula is C32H31ClN2O6S2. The number of likely N-dealkylation sites (tertiary alicyclic amines) is 1. The molecule has 3 fully saturated rings. The zero-order valence-electron chi connectivity index (χ0n) is 23.8. The molecule has 2 amide bonds. The van der Waals surface area contributed by atoms with Crippen molar-refractivity contribution in [2.45, 2.75) is 56.0 Å². The van der Waals surface area contributed by atoms with E-state index in [0.29, 0.717) is 23.8 Å². The molecule has 2 aromatic carbocycles. The number of aromatic nitrogens is 1. The second-order valence-electron chi connectivity index (χ2n) is 12.4. The van der Waals surface area contributed by atoms with Crippen molar-refractivity contribution in [3.63, 3.8) is 0 Å². The number of halogens is 1. The van der Waals surface area contributed by atoms with Crippen LogP contribution in [0.5, 0.6) is 5.75 Å². The highest BCUT2D eigenvalue weighted by Gasteiger charge is 2.70. The molecule has 8 nitrogen and oxygen atoms in total. The number of nitrogens with zero attached hydrogens (tertiary/aromatic N) is 1. The van der Waals surface area contributed by atoms with Gasteiger partial charge in [-0.25, -0.2) is 4.79 Å². The number of carbonyl (C=O) groups excluding carboxylic acids is 2. The van der Waals surface area contributed by atoms with Gasteiger partial charge in [-0.05, 0) is 66.3 Å². The Morgan fingerprint density at radius 1 is 1.12 bits per heavy atom. The molecule has 4 aliphatic rings. The molecule has 8 atom stereocenters. The first-order chi connectivity index (χ1) is 20.6. The Balaban J connectivity index is 1.30. The van der Waals surface area contributed by atoms with E-state index < -0.39 is 29.8 Å². The van der Waals surface area contributed by atoms with Crippen LogP contribution in [-0.4, -0.2) is 44.1 Å². The smallest absolute Gasteiger partial charge is 0.327 e. The van der Waals surface area contributed by atoms with Crippen molar-refractivity contribution in [1.29, 1.82) is 0 Å². The Bertz CT molecular complexity index is 1720. The highest BCUT2D eigenvalue weighted by atomic mass is 35.5. The van der Waals surface area contributed by atoms with Crippen LogP contribution in [0, 0.1) is 42.4 Å². The lowest BCUT2D eigenvalue weighted by atomic mass is 9.68. The number of aliphatic carboxylic acids is 1. The maximum absolute atomic E-state index is 14.0. The maximum Gasteiger partial charge on any atom is 0.327 e. The minimum Gasteiger partial charge on any atom is -0.489 e. The lowest BCUT2D eigenvalue weighted by Gasteiger charge is -2.43. The second kappa shape index (κ2) is 10.5. The van der Waals surface area contributed by atoms with E-state index in [0.717, 1.165) is 31.5 Å². The normalized spacial score (nSPS) is 29.5. The number of aryl methyl sites for hydroxylation is 1. The molecule has 2 bridgehead atoms. The number of carbonyl (C=O) groups is 3. The number of amides is 2. The van der Waals surface area contributed by atoms with Gasteiger partial charge >= 0.3 is 10.8 Å². The summed E-state index contributed by atoms with van der Waals surface area (Å²) in [5.74, 6) is -3.36. The fourth-order valence-electron chi connectivity index (χ4n) is 8.18. The molecule has 2 aliphatic carbocycles. The molecule has 2 saturated carbocycles. The number of H-pyrrole nitrogens is 1. The van der Waals surface area contributed by atoms with Crippen LogP contribution in [0.3, 0.4) is 0 Å². The maximum atomic E-state index is 14.0. The van der Waals surface area contributed by atoms with E-state index in [4.69, 9.17) is 16.3 Å². The van der Waals surface area contributed by atoms with Crippen molar-refractivity contribution in [3.05, 3.63) is 78.7 Å². The zero-order valence-corrected chi connectivity index (χ0v) is 26.2. The average Bonchev–Trinajstić information content (AvgIpc) is 3.69. The van der Waals surface area contributed by atoms with E-state index >= 15 is 0 Å². The van der Waals surface area contributed by atoms with Gasteiger partial charge in [-0.3, -0.25) is 19.3 Å². The Labute approximate surface area is 261 Å². The topological polar surface area (TPSA) is 117 Å². The molecule has 43 heavy (non-hydrogen) atoms. The van der Waals surface area contributed by atoms with Crippen molar-refractivity contribution in [3.8, 4) is 5.75 Å². The molecule has 0 radical (unpaired) electrons. The quantitative estimate of drug-likeness (QED) is 0.326. The molecule has 11 heteroatoms. The second-order valence-corrected chi connectivity index (χ2v) is 15.1. The third kappa shape index (κ3) is 4.39. The standard InChI is InChI=1S/C32H31ClN2O6S2/c1-13(2)25(31(38)39)35-29(36)23-18-11-19(24(23)30(35)37)26-22(18)21(27-28(42-26)34-32(40)43-27)17-10-16(33)8-9-20(17)41-12-15-7-5-4-6-14(15)3/h4-10,13,18-19,21-26H,11-12H2,1-3H3,(H,34,40)(H,38,39)/t18?,19?,21-,22?,23?,24?,25?,26?/m1/s1. The summed E-state index contributed by atoms with van der Waals surface area (Å²) >= 11 is 9.35. The first-order valence-corrected chi connectivity index (χ1v) is 16.6. The van der Waals surface area contributed by atoms with Gasteiger partial charge in [0, 0.05) is 26.6 Å². The number of benzene rings is 2. The highest BCUT2D eigenvalue weighted by Crippen LogP contribution is 2.69. The molecule has 7 rings (SSSR count). The van der Waals surface area contributed by atoms with E-state index in [1.807, 2.05) is 43.3 Å². The van der Waals surface area contributed by atoms with Crippen LogP contribution < -0.4 is 9.61 Å². The number of rotatable bonds is 7. The van der Waals surface area contributed by atoms with Gasteiger partial charge in [0.25, 0.3) is 0 Å². The first kappa shape index (κ1) is 28.7. The summed E-state index contributed by atoms with van der Waals surface area (Å²) < 4.78 is 6.45. The summed E-state index contributed by atoms with van der Waals surface area (Å²) in [6.45, 7) is 5.84. The van der Waals surface area contributed by atoms with Crippen LogP contribution in [0.25, 0.3) is 0 Å². The first-order valence-electron chi connectivity index (χ1n) is 14.5. The average molecular weight is 639 g/mol. The lowest BCUT2D eigenvalue weighted by Crippen LogP contribution is -2.49. The van der Waals surface area contributed by atoms with Gasteiger partial charge in [-0.2, -0.15) is 0 Å². The number of fused-ring (bicyclic) bond motifs is 9. The summed E-state index contributed by atoms with van der Waals surface area (Å²) in [6, 6.07) is 12.4. The summed E-state index contributed by atoms with van der Waals surface area (Å²) in [4.78, 5) is 57.4. The number of carboxylic acid groups (broad SMARTS) is 1. The highest BCUT2D eigenvalue weighted by molar-refractivity contribution is 8.00. The summed E-state index contributed by atoms with van der Waals surface area (Å²) in [7, 11) is 0. The number of aromatic amines is 1. The minimum atomic E-state index is -1.19. The Kier molecular flexibility index (Phi) is 7.02. The molecule has 2 N–H and O–H groups in total.